The molecule has 0 heterocycles. The van der Waals surface area contributed by atoms with Gasteiger partial charge in [-0.3, -0.25) is 4.79 Å². The van der Waals surface area contributed by atoms with Gasteiger partial charge < -0.3 is 11.1 Å². The normalized spacial score (nSPS) is 10.5. The molecule has 4 heteroatoms. The number of rotatable bonds is 4. The molecule has 0 saturated heterocycles. The molecule has 0 aliphatic carbocycles. The Labute approximate surface area is 101 Å². The number of carbonyl (C=O) groups is 1. The third-order valence-corrected chi connectivity index (χ3v) is 3.05. The maximum atomic E-state index is 11.4. The molecule has 0 spiro atoms. The molecular weight excluding hydrogens is 220 g/mol. The molecule has 0 fully saturated rings. The number of amides is 1. The van der Waals surface area contributed by atoms with Gasteiger partial charge in [0.15, 0.2) is 0 Å². The number of thioether (sulfide) groups is 1. The smallest absolute Gasteiger partial charge is 0.230 e. The minimum absolute atomic E-state index is 0.0643. The van der Waals surface area contributed by atoms with Crippen molar-refractivity contribution in [2.45, 2.75) is 31.7 Å². The molecule has 0 radical (unpaired) electrons. The molecule has 0 unspecified atom stereocenters. The van der Waals surface area contributed by atoms with E-state index in [1.165, 1.54) is 11.8 Å². The van der Waals surface area contributed by atoms with Crippen LogP contribution >= 0.6 is 11.8 Å². The van der Waals surface area contributed by atoms with E-state index in [0.717, 1.165) is 16.1 Å². The van der Waals surface area contributed by atoms with Gasteiger partial charge in [0.05, 0.1) is 5.75 Å². The highest BCUT2D eigenvalue weighted by Crippen LogP contribution is 2.22. The molecular formula is C12H18N2OS. The summed E-state index contributed by atoms with van der Waals surface area (Å²) in [6, 6.07) is 6.01. The van der Waals surface area contributed by atoms with E-state index in [-0.39, 0.29) is 11.9 Å². The zero-order valence-electron chi connectivity index (χ0n) is 9.91. The van der Waals surface area contributed by atoms with Crippen molar-refractivity contribution >= 4 is 23.4 Å². The van der Waals surface area contributed by atoms with Crippen molar-refractivity contribution in [3.8, 4) is 0 Å². The third kappa shape index (κ3) is 4.14. The number of nitrogen functional groups attached to an aromatic ring is 1. The van der Waals surface area contributed by atoms with Crippen LogP contribution in [0, 0.1) is 6.92 Å². The Bertz CT molecular complexity index is 377. The van der Waals surface area contributed by atoms with E-state index in [0.29, 0.717) is 5.75 Å². The van der Waals surface area contributed by atoms with Crippen LogP contribution in [0.3, 0.4) is 0 Å². The maximum Gasteiger partial charge on any atom is 0.230 e. The molecule has 16 heavy (non-hydrogen) atoms. The summed E-state index contributed by atoms with van der Waals surface area (Å²) in [5.74, 6) is 0.510. The van der Waals surface area contributed by atoms with Gasteiger partial charge in [-0.05, 0) is 44.5 Å². The topological polar surface area (TPSA) is 55.1 Å². The summed E-state index contributed by atoms with van der Waals surface area (Å²) in [6.07, 6.45) is 0. The standard InChI is InChI=1S/C12H18N2OS/c1-8(2)14-12(15)7-16-10-4-5-11(13)9(3)6-10/h4-6,8H,7,13H2,1-3H3,(H,14,15). The lowest BCUT2D eigenvalue weighted by atomic mass is 10.2. The Morgan fingerprint density at radius 1 is 1.50 bits per heavy atom. The number of anilines is 1. The number of nitrogens with one attached hydrogen (secondary N) is 1. The highest BCUT2D eigenvalue weighted by Gasteiger charge is 2.04. The second-order valence-electron chi connectivity index (χ2n) is 4.03. The largest absolute Gasteiger partial charge is 0.399 e. The molecule has 1 rings (SSSR count). The number of carbonyl (C=O) groups excluding carboxylic acids is 1. The molecule has 0 aliphatic heterocycles. The average Bonchev–Trinajstić information content (AvgIpc) is 2.19. The molecule has 0 saturated carbocycles. The summed E-state index contributed by atoms with van der Waals surface area (Å²) in [5, 5.41) is 2.85. The van der Waals surface area contributed by atoms with Gasteiger partial charge in [0.1, 0.15) is 0 Å². The second-order valence-corrected chi connectivity index (χ2v) is 5.08. The van der Waals surface area contributed by atoms with E-state index in [1.807, 2.05) is 39.0 Å². The van der Waals surface area contributed by atoms with Crippen LogP contribution in [0.5, 0.6) is 0 Å². The van der Waals surface area contributed by atoms with Gasteiger partial charge in [0.2, 0.25) is 5.91 Å². The van der Waals surface area contributed by atoms with Gasteiger partial charge >= 0.3 is 0 Å². The van der Waals surface area contributed by atoms with Crippen molar-refractivity contribution in [1.29, 1.82) is 0 Å². The van der Waals surface area contributed by atoms with Crippen LogP contribution < -0.4 is 11.1 Å². The maximum absolute atomic E-state index is 11.4. The zero-order chi connectivity index (χ0) is 12.1. The Morgan fingerprint density at radius 3 is 2.75 bits per heavy atom. The predicted molar refractivity (Wildman–Crippen MR) is 69.6 cm³/mol. The molecule has 1 aromatic carbocycles. The van der Waals surface area contributed by atoms with Gasteiger partial charge in [-0.2, -0.15) is 0 Å². The van der Waals surface area contributed by atoms with Gasteiger partial charge in [-0.25, -0.2) is 0 Å². The van der Waals surface area contributed by atoms with E-state index < -0.39 is 0 Å². The van der Waals surface area contributed by atoms with Gasteiger partial charge in [0, 0.05) is 16.6 Å². The van der Waals surface area contributed by atoms with Crippen LogP contribution in [0.2, 0.25) is 0 Å². The zero-order valence-corrected chi connectivity index (χ0v) is 10.7. The first-order valence-corrected chi connectivity index (χ1v) is 6.26. The number of aryl methyl sites for hydroxylation is 1. The highest BCUT2D eigenvalue weighted by molar-refractivity contribution is 8.00. The summed E-state index contributed by atoms with van der Waals surface area (Å²) < 4.78 is 0. The van der Waals surface area contributed by atoms with Crippen LogP contribution in [0.15, 0.2) is 23.1 Å². The Kier molecular flexibility index (Phi) is 4.68. The number of benzene rings is 1. The quantitative estimate of drug-likeness (QED) is 0.624. The molecule has 3 nitrogen and oxygen atoms in total. The highest BCUT2D eigenvalue weighted by atomic mass is 32.2. The van der Waals surface area contributed by atoms with Gasteiger partial charge in [0.25, 0.3) is 0 Å². The Hall–Kier alpha value is -1.16. The van der Waals surface area contributed by atoms with Crippen molar-refractivity contribution in [1.82, 2.24) is 5.32 Å². The Balaban J connectivity index is 2.48. The van der Waals surface area contributed by atoms with Crippen LogP contribution in [0.4, 0.5) is 5.69 Å². The van der Waals surface area contributed by atoms with Crippen LogP contribution in [-0.2, 0) is 4.79 Å². The SMILES string of the molecule is Cc1cc(SCC(=O)NC(C)C)ccc1N. The van der Waals surface area contributed by atoms with E-state index in [2.05, 4.69) is 5.32 Å². The molecule has 0 aliphatic rings. The molecule has 0 aromatic heterocycles. The first kappa shape index (κ1) is 12.9. The summed E-state index contributed by atoms with van der Waals surface area (Å²) in [7, 11) is 0. The second kappa shape index (κ2) is 5.80. The molecule has 1 amide bonds. The van der Waals surface area contributed by atoms with E-state index in [9.17, 15) is 4.79 Å². The Morgan fingerprint density at radius 2 is 2.19 bits per heavy atom. The van der Waals surface area contributed by atoms with Crippen LogP contribution in [0.25, 0.3) is 0 Å². The minimum Gasteiger partial charge on any atom is -0.399 e. The minimum atomic E-state index is 0.0643. The first-order chi connectivity index (χ1) is 7.49. The van der Waals surface area contributed by atoms with Crippen LogP contribution in [0.1, 0.15) is 19.4 Å². The summed E-state index contributed by atoms with van der Waals surface area (Å²) in [5.41, 5.74) is 7.56. The van der Waals surface area contributed by atoms with Crippen molar-refractivity contribution in [3.63, 3.8) is 0 Å². The van der Waals surface area contributed by atoms with Crippen molar-refractivity contribution in [2.75, 3.05) is 11.5 Å². The van der Waals surface area contributed by atoms with Crippen molar-refractivity contribution in [2.24, 2.45) is 0 Å². The summed E-state index contributed by atoms with van der Waals surface area (Å²) in [4.78, 5) is 12.5. The summed E-state index contributed by atoms with van der Waals surface area (Å²) in [6.45, 7) is 5.87. The fraction of sp³-hybridized carbons (Fsp3) is 0.417. The number of hydrogen-bond acceptors (Lipinski definition) is 3. The predicted octanol–water partition coefficient (Wildman–Crippen LogP) is 2.19. The van der Waals surface area contributed by atoms with Crippen molar-refractivity contribution < 1.29 is 4.79 Å². The molecule has 88 valence electrons. The fourth-order valence-electron chi connectivity index (χ4n) is 1.25. The van der Waals surface area contributed by atoms with E-state index in [1.54, 1.807) is 0 Å². The molecule has 0 atom stereocenters. The lowest BCUT2D eigenvalue weighted by molar-refractivity contribution is -0.119. The van der Waals surface area contributed by atoms with Gasteiger partial charge in [-0.15, -0.1) is 11.8 Å². The molecule has 0 bridgehead atoms. The van der Waals surface area contributed by atoms with Crippen molar-refractivity contribution in [3.05, 3.63) is 23.8 Å². The summed E-state index contributed by atoms with van der Waals surface area (Å²) >= 11 is 1.53. The third-order valence-electron chi connectivity index (χ3n) is 2.06. The first-order valence-electron chi connectivity index (χ1n) is 5.27. The van der Waals surface area contributed by atoms with Gasteiger partial charge in [-0.1, -0.05) is 0 Å². The molecule has 3 N–H and O–H groups in total. The number of hydrogen-bond donors (Lipinski definition) is 2. The average molecular weight is 238 g/mol. The van der Waals surface area contributed by atoms with Crippen LogP contribution in [-0.4, -0.2) is 17.7 Å². The lowest BCUT2D eigenvalue weighted by Gasteiger charge is -2.08. The monoisotopic (exact) mass is 238 g/mol. The lowest BCUT2D eigenvalue weighted by Crippen LogP contribution is -2.31. The fourth-order valence-corrected chi connectivity index (χ4v) is 2.06. The van der Waals surface area contributed by atoms with E-state index >= 15 is 0 Å². The van der Waals surface area contributed by atoms with E-state index in [4.69, 9.17) is 5.73 Å². The number of nitrogens with two attached hydrogens (primary N) is 1. The molecule has 1 aromatic rings.